The van der Waals surface area contributed by atoms with Gasteiger partial charge in [0.2, 0.25) is 0 Å². The Labute approximate surface area is 88.3 Å². The second-order valence-electron chi connectivity index (χ2n) is 3.65. The van der Waals surface area contributed by atoms with Gasteiger partial charge in [-0.25, -0.2) is 4.98 Å². The van der Waals surface area contributed by atoms with Crippen LogP contribution in [-0.4, -0.2) is 20.2 Å². The molecule has 6 nitrogen and oxygen atoms in total. The summed E-state index contributed by atoms with van der Waals surface area (Å²) >= 11 is 0. The summed E-state index contributed by atoms with van der Waals surface area (Å²) < 4.78 is 0. The molecule has 3 aromatic rings. The first-order valence-electron chi connectivity index (χ1n) is 4.76. The van der Waals surface area contributed by atoms with Gasteiger partial charge in [0.25, 0.3) is 11.1 Å². The molecule has 3 rings (SSSR count). The van der Waals surface area contributed by atoms with Crippen LogP contribution in [0.1, 0.15) is 5.82 Å². The van der Waals surface area contributed by atoms with E-state index in [4.69, 9.17) is 0 Å². The van der Waals surface area contributed by atoms with Crippen molar-refractivity contribution in [2.75, 3.05) is 0 Å². The average molecular weight is 216 g/mol. The minimum Gasteiger partial charge on any atom is -0.342 e. The molecular formula is C10H8N4O2. The van der Waals surface area contributed by atoms with E-state index in [1.54, 1.807) is 12.1 Å². The Balaban J connectivity index is 2.65. The summed E-state index contributed by atoms with van der Waals surface area (Å²) in [5.74, 6) is 0.748. The van der Waals surface area contributed by atoms with E-state index in [-0.39, 0.29) is 11.1 Å². The van der Waals surface area contributed by atoms with Gasteiger partial charge in [-0.2, -0.15) is 0 Å². The van der Waals surface area contributed by atoms with Gasteiger partial charge >= 0.3 is 0 Å². The highest BCUT2D eigenvalue weighted by Gasteiger charge is 2.07. The van der Waals surface area contributed by atoms with E-state index in [1.165, 1.54) is 0 Å². The van der Waals surface area contributed by atoms with E-state index in [2.05, 4.69) is 20.2 Å². The quantitative estimate of drug-likeness (QED) is 0.507. The van der Waals surface area contributed by atoms with Crippen molar-refractivity contribution in [2.45, 2.75) is 6.92 Å². The van der Waals surface area contributed by atoms with E-state index >= 15 is 0 Å². The zero-order valence-corrected chi connectivity index (χ0v) is 8.42. The summed E-state index contributed by atoms with van der Waals surface area (Å²) in [6, 6.07) is 3.25. The molecule has 0 amide bonds. The monoisotopic (exact) mass is 216 g/mol. The van der Waals surface area contributed by atoms with Crippen molar-refractivity contribution in [3.05, 3.63) is 38.7 Å². The maximum absolute atomic E-state index is 11.5. The van der Waals surface area contributed by atoms with Gasteiger partial charge in [0, 0.05) is 0 Å². The van der Waals surface area contributed by atoms with Crippen LogP contribution in [0, 0.1) is 6.92 Å². The van der Waals surface area contributed by atoms with Gasteiger partial charge in [-0.1, -0.05) is 0 Å². The van der Waals surface area contributed by atoms with E-state index in [0.717, 1.165) is 11.3 Å². The highest BCUT2D eigenvalue weighted by molar-refractivity contribution is 5.94. The molecule has 0 radical (unpaired) electrons. The Morgan fingerprint density at radius 1 is 1.06 bits per heavy atom. The van der Waals surface area contributed by atoms with Crippen LogP contribution in [0.3, 0.4) is 0 Å². The van der Waals surface area contributed by atoms with Gasteiger partial charge < -0.3 is 4.98 Å². The van der Waals surface area contributed by atoms with Crippen molar-refractivity contribution in [1.82, 2.24) is 20.2 Å². The lowest BCUT2D eigenvalue weighted by Gasteiger charge is -1.95. The number of rotatable bonds is 0. The van der Waals surface area contributed by atoms with Crippen LogP contribution in [0.15, 0.2) is 21.7 Å². The summed E-state index contributed by atoms with van der Waals surface area (Å²) in [6.45, 7) is 1.82. The third-order valence-electron chi connectivity index (χ3n) is 2.52. The van der Waals surface area contributed by atoms with Crippen molar-refractivity contribution in [3.8, 4) is 0 Å². The van der Waals surface area contributed by atoms with Gasteiger partial charge in [-0.05, 0) is 19.1 Å². The lowest BCUT2D eigenvalue weighted by atomic mass is 10.2. The molecule has 0 aliphatic heterocycles. The van der Waals surface area contributed by atoms with Crippen molar-refractivity contribution >= 4 is 21.8 Å². The van der Waals surface area contributed by atoms with Crippen molar-refractivity contribution in [2.24, 2.45) is 0 Å². The van der Waals surface area contributed by atoms with E-state index in [9.17, 15) is 9.59 Å². The molecule has 16 heavy (non-hydrogen) atoms. The molecule has 0 aliphatic rings. The predicted molar refractivity (Wildman–Crippen MR) is 59.6 cm³/mol. The standard InChI is InChI=1S/C10H8N4O2/c1-4-11-7-2-5-6(3-8(7)12-4)10(16)14-13-9(5)15/h2-3H,1H3,(H,11,12)(H,13,15)(H,14,16). The Morgan fingerprint density at radius 2 is 1.69 bits per heavy atom. The fourth-order valence-corrected chi connectivity index (χ4v) is 1.81. The summed E-state index contributed by atoms with van der Waals surface area (Å²) in [5, 5.41) is 5.28. The number of nitrogens with zero attached hydrogens (tertiary/aromatic N) is 1. The number of H-pyrrole nitrogens is 3. The molecule has 0 spiro atoms. The fourth-order valence-electron chi connectivity index (χ4n) is 1.81. The van der Waals surface area contributed by atoms with Gasteiger partial charge in [-0.15, -0.1) is 0 Å². The minimum absolute atomic E-state index is 0.316. The second-order valence-corrected chi connectivity index (χ2v) is 3.65. The maximum atomic E-state index is 11.5. The summed E-state index contributed by atoms with van der Waals surface area (Å²) in [4.78, 5) is 30.3. The molecule has 0 unspecified atom stereocenters. The average Bonchev–Trinajstić information content (AvgIpc) is 2.61. The molecule has 0 atom stereocenters. The van der Waals surface area contributed by atoms with Crippen LogP contribution in [0.25, 0.3) is 21.8 Å². The van der Waals surface area contributed by atoms with Crippen LogP contribution in [0.4, 0.5) is 0 Å². The first kappa shape index (κ1) is 8.90. The van der Waals surface area contributed by atoms with Gasteiger partial charge in [0.05, 0.1) is 21.8 Å². The van der Waals surface area contributed by atoms with Crippen molar-refractivity contribution in [1.29, 1.82) is 0 Å². The molecule has 0 bridgehead atoms. The highest BCUT2D eigenvalue weighted by Crippen LogP contribution is 2.15. The molecule has 80 valence electrons. The number of aryl methyl sites for hydroxylation is 1. The number of aromatic nitrogens is 4. The zero-order chi connectivity index (χ0) is 11.3. The van der Waals surface area contributed by atoms with E-state index in [1.807, 2.05) is 6.92 Å². The lowest BCUT2D eigenvalue weighted by Crippen LogP contribution is -2.18. The number of aromatic amines is 3. The molecule has 2 aromatic heterocycles. The van der Waals surface area contributed by atoms with Crippen molar-refractivity contribution < 1.29 is 0 Å². The first-order valence-corrected chi connectivity index (χ1v) is 4.76. The molecule has 0 fully saturated rings. The third-order valence-corrected chi connectivity index (χ3v) is 2.52. The summed E-state index contributed by atoms with van der Waals surface area (Å²) in [6.07, 6.45) is 0. The van der Waals surface area contributed by atoms with Crippen LogP contribution in [0.5, 0.6) is 0 Å². The molecule has 0 aliphatic carbocycles. The Bertz CT molecular complexity index is 742. The molecule has 6 heteroatoms. The molecule has 0 saturated carbocycles. The molecule has 1 aromatic carbocycles. The summed E-state index contributed by atoms with van der Waals surface area (Å²) in [5.41, 5.74) is 0.795. The van der Waals surface area contributed by atoms with E-state index < -0.39 is 0 Å². The van der Waals surface area contributed by atoms with Gasteiger partial charge in [-0.3, -0.25) is 19.8 Å². The Hall–Kier alpha value is -2.37. The van der Waals surface area contributed by atoms with Crippen LogP contribution >= 0.6 is 0 Å². The smallest absolute Gasteiger partial charge is 0.270 e. The Morgan fingerprint density at radius 3 is 2.38 bits per heavy atom. The number of hydrogen-bond acceptors (Lipinski definition) is 3. The molecule has 0 saturated heterocycles. The predicted octanol–water partition coefficient (Wildman–Crippen LogP) is 0.401. The van der Waals surface area contributed by atoms with Gasteiger partial charge in [0.1, 0.15) is 5.82 Å². The minimum atomic E-state index is -0.322. The van der Waals surface area contributed by atoms with Gasteiger partial charge in [0.15, 0.2) is 0 Å². The third kappa shape index (κ3) is 1.10. The fraction of sp³-hybridized carbons (Fsp3) is 0.100. The number of hydrogen-bond donors (Lipinski definition) is 3. The van der Waals surface area contributed by atoms with E-state index in [0.29, 0.717) is 16.3 Å². The van der Waals surface area contributed by atoms with Crippen LogP contribution < -0.4 is 11.1 Å². The van der Waals surface area contributed by atoms with Crippen LogP contribution in [-0.2, 0) is 0 Å². The summed E-state index contributed by atoms with van der Waals surface area (Å²) in [7, 11) is 0. The number of imidazole rings is 1. The van der Waals surface area contributed by atoms with Crippen molar-refractivity contribution in [3.63, 3.8) is 0 Å². The SMILES string of the molecule is Cc1nc2cc3c(=O)[nH][nH]c(=O)c3cc2[nH]1. The molecular weight excluding hydrogens is 208 g/mol. The molecule has 3 N–H and O–H groups in total. The molecule has 2 heterocycles. The Kier molecular flexibility index (Phi) is 1.57. The largest absolute Gasteiger partial charge is 0.342 e. The lowest BCUT2D eigenvalue weighted by molar-refractivity contribution is 0.977. The number of fused-ring (bicyclic) bond motifs is 2. The normalized spacial score (nSPS) is 11.3. The number of benzene rings is 1. The zero-order valence-electron chi connectivity index (χ0n) is 8.42. The highest BCUT2D eigenvalue weighted by atomic mass is 16.1. The topological polar surface area (TPSA) is 94.4 Å². The maximum Gasteiger partial charge on any atom is 0.270 e. The first-order chi connectivity index (χ1) is 7.65. The number of nitrogens with one attached hydrogen (secondary N) is 3. The van der Waals surface area contributed by atoms with Crippen LogP contribution in [0.2, 0.25) is 0 Å². The second kappa shape index (κ2) is 2.82.